The molecule has 1 amide bonds. The summed E-state index contributed by atoms with van der Waals surface area (Å²) in [7, 11) is 3.85. The zero-order valence-corrected chi connectivity index (χ0v) is 13.9. The van der Waals surface area contributed by atoms with Gasteiger partial charge in [-0.3, -0.25) is 14.4 Å². The number of hydrogen-bond donors (Lipinski definition) is 0. The van der Waals surface area contributed by atoms with Crippen LogP contribution in [0.15, 0.2) is 12.3 Å². The van der Waals surface area contributed by atoms with Crippen molar-refractivity contribution in [1.29, 1.82) is 0 Å². The Hall–Kier alpha value is -1.99. The maximum atomic E-state index is 12.3. The molecule has 0 unspecified atom stereocenters. The molecule has 3 heterocycles. The minimum Gasteiger partial charge on any atom is -0.378 e. The van der Waals surface area contributed by atoms with Gasteiger partial charge in [-0.25, -0.2) is 4.98 Å². The minimum atomic E-state index is 0.155. The van der Waals surface area contributed by atoms with Crippen molar-refractivity contribution < 1.29 is 9.53 Å². The Balaban J connectivity index is 1.64. The Morgan fingerprint density at radius 1 is 1.39 bits per heavy atom. The third kappa shape index (κ3) is 3.51. The predicted molar refractivity (Wildman–Crippen MR) is 87.0 cm³/mol. The summed E-state index contributed by atoms with van der Waals surface area (Å²) in [6.45, 7) is 5.73. The number of carbonyl (C=O) groups is 1. The molecule has 1 aliphatic rings. The van der Waals surface area contributed by atoms with Gasteiger partial charge >= 0.3 is 0 Å². The van der Waals surface area contributed by atoms with Crippen LogP contribution in [0.2, 0.25) is 0 Å². The second-order valence-corrected chi connectivity index (χ2v) is 6.09. The fourth-order valence-corrected chi connectivity index (χ4v) is 2.95. The van der Waals surface area contributed by atoms with Crippen molar-refractivity contribution in [2.75, 3.05) is 39.9 Å². The lowest BCUT2D eigenvalue weighted by atomic mass is 10.2. The van der Waals surface area contributed by atoms with E-state index < -0.39 is 0 Å². The maximum Gasteiger partial charge on any atom is 0.236 e. The number of hydrogen-bond acceptors (Lipinski definition) is 5. The second-order valence-electron chi connectivity index (χ2n) is 6.09. The van der Waals surface area contributed by atoms with Crippen LogP contribution in [0.1, 0.15) is 11.3 Å². The van der Waals surface area contributed by atoms with Crippen LogP contribution < -0.4 is 0 Å². The van der Waals surface area contributed by atoms with E-state index in [0.29, 0.717) is 39.4 Å². The first kappa shape index (κ1) is 15.9. The fraction of sp³-hybridized carbons (Fsp3) is 0.562. The number of aromatic nitrogens is 3. The summed E-state index contributed by atoms with van der Waals surface area (Å²) in [6.07, 6.45) is 1.86. The maximum absolute atomic E-state index is 12.3. The van der Waals surface area contributed by atoms with Gasteiger partial charge < -0.3 is 9.64 Å². The van der Waals surface area contributed by atoms with E-state index in [1.54, 1.807) is 4.68 Å². The molecule has 0 aliphatic carbocycles. The smallest absolute Gasteiger partial charge is 0.236 e. The van der Waals surface area contributed by atoms with Crippen LogP contribution in [0.4, 0.5) is 0 Å². The zero-order valence-electron chi connectivity index (χ0n) is 13.9. The second kappa shape index (κ2) is 6.64. The molecular weight excluding hydrogens is 294 g/mol. The predicted octanol–water partition coefficient (Wildman–Crippen LogP) is 0.567. The lowest BCUT2D eigenvalue weighted by molar-refractivity contribution is -0.136. The first-order valence-corrected chi connectivity index (χ1v) is 7.87. The average Bonchev–Trinajstić information content (AvgIpc) is 2.82. The van der Waals surface area contributed by atoms with Gasteiger partial charge in [0.25, 0.3) is 0 Å². The third-order valence-electron chi connectivity index (χ3n) is 4.14. The van der Waals surface area contributed by atoms with Crippen molar-refractivity contribution in [3.8, 4) is 0 Å². The lowest BCUT2D eigenvalue weighted by Gasteiger charge is -2.28. The van der Waals surface area contributed by atoms with Crippen LogP contribution >= 0.6 is 0 Å². The van der Waals surface area contributed by atoms with Crippen LogP contribution in [0, 0.1) is 6.92 Å². The molecule has 0 radical (unpaired) electrons. The van der Waals surface area contributed by atoms with E-state index in [9.17, 15) is 4.79 Å². The lowest BCUT2D eigenvalue weighted by Crippen LogP contribution is -2.44. The summed E-state index contributed by atoms with van der Waals surface area (Å²) in [4.78, 5) is 20.6. The van der Waals surface area contributed by atoms with Gasteiger partial charge in [0.05, 0.1) is 25.5 Å². The number of morpholine rings is 1. The normalized spacial score (nSPS) is 15.6. The van der Waals surface area contributed by atoms with Gasteiger partial charge in [0.1, 0.15) is 0 Å². The van der Waals surface area contributed by atoms with Crippen molar-refractivity contribution in [1.82, 2.24) is 24.6 Å². The fourth-order valence-electron chi connectivity index (χ4n) is 2.95. The molecule has 0 aromatic carbocycles. The first-order chi connectivity index (χ1) is 11.0. The minimum absolute atomic E-state index is 0.155. The quantitative estimate of drug-likeness (QED) is 0.825. The number of fused-ring (bicyclic) bond motifs is 1. The molecule has 1 fully saturated rings. The number of pyridine rings is 1. The number of carbonyl (C=O) groups excluding carboxylic acids is 1. The highest BCUT2D eigenvalue weighted by atomic mass is 16.5. The van der Waals surface area contributed by atoms with Crippen molar-refractivity contribution >= 4 is 16.9 Å². The third-order valence-corrected chi connectivity index (χ3v) is 4.14. The molecule has 1 saturated heterocycles. The van der Waals surface area contributed by atoms with Gasteiger partial charge in [-0.05, 0) is 25.6 Å². The van der Waals surface area contributed by atoms with Crippen LogP contribution in [0.25, 0.3) is 11.0 Å². The molecule has 0 bridgehead atoms. The van der Waals surface area contributed by atoms with Crippen LogP contribution in [0.5, 0.6) is 0 Å². The summed E-state index contributed by atoms with van der Waals surface area (Å²) in [5.41, 5.74) is 2.95. The van der Waals surface area contributed by atoms with Gasteiger partial charge in [0, 0.05) is 38.3 Å². The van der Waals surface area contributed by atoms with Gasteiger partial charge in [0.15, 0.2) is 5.65 Å². The highest BCUT2D eigenvalue weighted by molar-refractivity contribution is 5.79. The van der Waals surface area contributed by atoms with Crippen LogP contribution in [0.3, 0.4) is 0 Å². The van der Waals surface area contributed by atoms with E-state index >= 15 is 0 Å². The molecule has 1 aliphatic heterocycles. The Labute approximate surface area is 135 Å². The molecule has 2 aromatic rings. The molecule has 23 heavy (non-hydrogen) atoms. The number of amides is 1. The van der Waals surface area contributed by atoms with Crippen molar-refractivity contribution in [2.45, 2.75) is 13.5 Å². The molecule has 0 atom stereocenters. The van der Waals surface area contributed by atoms with E-state index in [4.69, 9.17) is 4.74 Å². The average molecular weight is 317 g/mol. The summed E-state index contributed by atoms with van der Waals surface area (Å²) in [5.74, 6) is 0.155. The molecule has 3 rings (SSSR count). The summed E-state index contributed by atoms with van der Waals surface area (Å²) in [6, 6.07) is 2.11. The summed E-state index contributed by atoms with van der Waals surface area (Å²) < 4.78 is 7.07. The molecule has 0 saturated carbocycles. The Morgan fingerprint density at radius 2 is 2.13 bits per heavy atom. The van der Waals surface area contributed by atoms with Crippen molar-refractivity contribution in [3.05, 3.63) is 23.5 Å². The topological polar surface area (TPSA) is 63.5 Å². The monoisotopic (exact) mass is 317 g/mol. The highest BCUT2D eigenvalue weighted by Crippen LogP contribution is 2.17. The van der Waals surface area contributed by atoms with Gasteiger partial charge in [-0.15, -0.1) is 0 Å². The van der Waals surface area contributed by atoms with Gasteiger partial charge in [-0.1, -0.05) is 0 Å². The Morgan fingerprint density at radius 3 is 2.87 bits per heavy atom. The van der Waals surface area contributed by atoms with Crippen LogP contribution in [-0.2, 0) is 23.1 Å². The number of rotatable bonds is 4. The summed E-state index contributed by atoms with van der Waals surface area (Å²) >= 11 is 0. The SMILES string of the molecule is Cc1nn(C)c2ncc(CN(C)CC(=O)N3CCOCC3)cc12. The summed E-state index contributed by atoms with van der Waals surface area (Å²) in [5, 5.41) is 5.46. The number of likely N-dealkylation sites (N-methyl/N-ethyl adjacent to an activating group) is 1. The highest BCUT2D eigenvalue weighted by Gasteiger charge is 2.18. The first-order valence-electron chi connectivity index (χ1n) is 7.87. The standard InChI is InChI=1S/C16H23N5O2/c1-12-14-8-13(9-17-16(14)20(3)18-12)10-19(2)11-15(22)21-4-6-23-7-5-21/h8-9H,4-7,10-11H2,1-3H3. The van der Waals surface area contributed by atoms with E-state index in [0.717, 1.165) is 22.3 Å². The van der Waals surface area contributed by atoms with E-state index in [-0.39, 0.29) is 5.91 Å². The largest absolute Gasteiger partial charge is 0.378 e. The Kier molecular flexibility index (Phi) is 4.58. The zero-order chi connectivity index (χ0) is 16.4. The van der Waals surface area contributed by atoms with Crippen molar-refractivity contribution in [2.24, 2.45) is 7.05 Å². The molecule has 0 N–H and O–H groups in total. The van der Waals surface area contributed by atoms with E-state index in [1.807, 2.05) is 37.0 Å². The molecule has 124 valence electrons. The van der Waals surface area contributed by atoms with E-state index in [1.165, 1.54) is 0 Å². The molecule has 7 nitrogen and oxygen atoms in total. The number of ether oxygens (including phenoxy) is 1. The molecular formula is C16H23N5O2. The van der Waals surface area contributed by atoms with E-state index in [2.05, 4.69) is 16.1 Å². The van der Waals surface area contributed by atoms with Gasteiger partial charge in [-0.2, -0.15) is 5.10 Å². The molecule has 2 aromatic heterocycles. The number of nitrogens with zero attached hydrogens (tertiary/aromatic N) is 5. The molecule has 0 spiro atoms. The Bertz CT molecular complexity index is 706. The van der Waals surface area contributed by atoms with Crippen molar-refractivity contribution in [3.63, 3.8) is 0 Å². The molecule has 7 heteroatoms. The van der Waals surface area contributed by atoms with Crippen LogP contribution in [-0.4, -0.2) is 70.4 Å². The van der Waals surface area contributed by atoms with Gasteiger partial charge in [0.2, 0.25) is 5.91 Å². The number of aryl methyl sites for hydroxylation is 2.